The highest BCUT2D eigenvalue weighted by atomic mass is 16.3. The van der Waals surface area contributed by atoms with E-state index in [-0.39, 0.29) is 12.5 Å². The van der Waals surface area contributed by atoms with Crippen LogP contribution in [0.3, 0.4) is 0 Å². The van der Waals surface area contributed by atoms with Gasteiger partial charge in [-0.3, -0.25) is 4.79 Å². The number of allylic oxidation sites excluding steroid dienone is 1. The van der Waals surface area contributed by atoms with E-state index in [0.717, 1.165) is 25.7 Å². The highest BCUT2D eigenvalue weighted by molar-refractivity contribution is 5.76. The standard InChI is InChI=1S/C79H157NO3/c1-3-5-7-9-11-13-15-17-19-21-23-25-27-29-31-33-35-36-37-38-39-40-41-42-43-44-45-47-49-51-53-55-57-59-61-63-65-67-69-71-73-75-79(83)80-77(76-81)78(82)74-72-70-68-66-64-62-60-58-56-54-52-50-48-46-34-32-30-28-26-24-22-20-18-16-14-12-10-8-6-4-2/h72,74,77-78,81-82H,3-71,73,75-76H2,1-2H3,(H,80,83)/b74-72+. The Labute approximate surface area is 524 Å². The number of aliphatic hydroxyl groups excluding tert-OH is 2. The number of rotatable bonds is 75. The maximum absolute atomic E-state index is 12.6. The van der Waals surface area contributed by atoms with Crippen molar-refractivity contribution in [2.45, 2.75) is 482 Å². The summed E-state index contributed by atoms with van der Waals surface area (Å²) in [5.41, 5.74) is 0. The molecule has 2 atom stereocenters. The van der Waals surface area contributed by atoms with Crippen molar-refractivity contribution in [3.63, 3.8) is 0 Å². The smallest absolute Gasteiger partial charge is 0.220 e. The predicted molar refractivity (Wildman–Crippen MR) is 373 cm³/mol. The van der Waals surface area contributed by atoms with Crippen molar-refractivity contribution in [1.29, 1.82) is 0 Å². The molecule has 0 spiro atoms. The van der Waals surface area contributed by atoms with Gasteiger partial charge in [0, 0.05) is 6.42 Å². The lowest BCUT2D eigenvalue weighted by molar-refractivity contribution is -0.123. The number of carbonyl (C=O) groups is 1. The summed E-state index contributed by atoms with van der Waals surface area (Å²) in [6.07, 6.45) is 102. The van der Waals surface area contributed by atoms with Gasteiger partial charge in [-0.1, -0.05) is 456 Å². The third kappa shape index (κ3) is 71.8. The van der Waals surface area contributed by atoms with Crippen LogP contribution in [0.1, 0.15) is 470 Å². The summed E-state index contributed by atoms with van der Waals surface area (Å²) in [7, 11) is 0. The number of unbranched alkanes of at least 4 members (excludes halogenated alkanes) is 68. The zero-order valence-electron chi connectivity index (χ0n) is 57.5. The summed E-state index contributed by atoms with van der Waals surface area (Å²) in [4.78, 5) is 12.6. The van der Waals surface area contributed by atoms with Gasteiger partial charge in [0.1, 0.15) is 0 Å². The lowest BCUT2D eigenvalue weighted by Crippen LogP contribution is -2.45. The normalized spacial score (nSPS) is 12.6. The second-order valence-electron chi connectivity index (χ2n) is 27.5. The monoisotopic (exact) mass is 1170 g/mol. The van der Waals surface area contributed by atoms with Crippen molar-refractivity contribution in [2.24, 2.45) is 0 Å². The SMILES string of the molecule is CCCCCCCCCCCCCCCCCCCCCCCCCCCCCC/C=C/C(O)C(CO)NC(=O)CCCCCCCCCCCCCCCCCCCCCCCCCCCCCCCCCCCCCCCCCCC. The zero-order chi connectivity index (χ0) is 59.8. The fourth-order valence-corrected chi connectivity index (χ4v) is 13.1. The van der Waals surface area contributed by atoms with Gasteiger partial charge >= 0.3 is 0 Å². The summed E-state index contributed by atoms with van der Waals surface area (Å²) in [5, 5.41) is 23.4. The van der Waals surface area contributed by atoms with Gasteiger partial charge in [-0.15, -0.1) is 0 Å². The summed E-state index contributed by atoms with van der Waals surface area (Å²) < 4.78 is 0. The Hall–Kier alpha value is -0.870. The van der Waals surface area contributed by atoms with E-state index >= 15 is 0 Å². The first-order valence-corrected chi connectivity index (χ1v) is 39.4. The van der Waals surface area contributed by atoms with E-state index in [9.17, 15) is 15.0 Å². The van der Waals surface area contributed by atoms with Crippen molar-refractivity contribution in [1.82, 2.24) is 5.32 Å². The van der Waals surface area contributed by atoms with Crippen LogP contribution >= 0.6 is 0 Å². The molecule has 0 aliphatic rings. The quantitative estimate of drug-likeness (QED) is 0.0420. The molecule has 0 radical (unpaired) electrons. The minimum atomic E-state index is -0.838. The Morgan fingerprint density at radius 1 is 0.277 bits per heavy atom. The van der Waals surface area contributed by atoms with Crippen LogP contribution in [0.25, 0.3) is 0 Å². The van der Waals surface area contributed by atoms with Crippen molar-refractivity contribution >= 4 is 5.91 Å². The van der Waals surface area contributed by atoms with E-state index in [1.165, 1.54) is 424 Å². The summed E-state index contributed by atoms with van der Waals surface area (Å²) in [5.74, 6) is -0.0518. The van der Waals surface area contributed by atoms with Crippen molar-refractivity contribution in [3.8, 4) is 0 Å². The van der Waals surface area contributed by atoms with Gasteiger partial charge in [0.2, 0.25) is 5.91 Å². The van der Waals surface area contributed by atoms with Crippen LogP contribution < -0.4 is 5.32 Å². The molecule has 83 heavy (non-hydrogen) atoms. The van der Waals surface area contributed by atoms with Crippen molar-refractivity contribution in [2.75, 3.05) is 6.61 Å². The molecule has 2 unspecified atom stereocenters. The Bertz CT molecular complexity index is 1190. The third-order valence-electron chi connectivity index (χ3n) is 19.0. The molecular formula is C79H157NO3. The van der Waals surface area contributed by atoms with Crippen LogP contribution in [0.15, 0.2) is 12.2 Å². The maximum atomic E-state index is 12.6. The second kappa shape index (κ2) is 75.4. The molecule has 0 saturated heterocycles. The van der Waals surface area contributed by atoms with E-state index in [1.54, 1.807) is 6.08 Å². The predicted octanol–water partition coefficient (Wildman–Crippen LogP) is 27.1. The van der Waals surface area contributed by atoms with Crippen LogP contribution in [0, 0.1) is 0 Å². The first kappa shape index (κ1) is 82.1. The van der Waals surface area contributed by atoms with Gasteiger partial charge in [0.25, 0.3) is 0 Å². The summed E-state index contributed by atoms with van der Waals surface area (Å²) in [6.45, 7) is 4.37. The molecule has 0 bridgehead atoms. The van der Waals surface area contributed by atoms with Crippen LogP contribution in [-0.2, 0) is 4.79 Å². The molecule has 0 fully saturated rings. The molecule has 3 N–H and O–H groups in total. The van der Waals surface area contributed by atoms with E-state index in [4.69, 9.17) is 0 Å². The minimum Gasteiger partial charge on any atom is -0.394 e. The van der Waals surface area contributed by atoms with Crippen LogP contribution in [0.4, 0.5) is 0 Å². The number of aliphatic hydroxyl groups is 2. The highest BCUT2D eigenvalue weighted by Gasteiger charge is 2.18. The second-order valence-corrected chi connectivity index (χ2v) is 27.5. The van der Waals surface area contributed by atoms with E-state index in [0.29, 0.717) is 6.42 Å². The van der Waals surface area contributed by atoms with Crippen LogP contribution in [-0.4, -0.2) is 34.9 Å². The molecule has 0 aromatic carbocycles. The van der Waals surface area contributed by atoms with Gasteiger partial charge in [-0.05, 0) is 19.3 Å². The Kier molecular flexibility index (Phi) is 74.6. The van der Waals surface area contributed by atoms with E-state index in [1.807, 2.05) is 6.08 Å². The zero-order valence-corrected chi connectivity index (χ0v) is 57.5. The van der Waals surface area contributed by atoms with Gasteiger partial charge < -0.3 is 15.5 Å². The minimum absolute atomic E-state index is 0.0518. The Balaban J connectivity index is 3.35. The molecule has 496 valence electrons. The highest BCUT2D eigenvalue weighted by Crippen LogP contribution is 2.21. The summed E-state index contributed by atoms with van der Waals surface area (Å²) >= 11 is 0. The molecule has 0 aliphatic carbocycles. The van der Waals surface area contributed by atoms with Gasteiger partial charge in [-0.25, -0.2) is 0 Å². The number of carbonyl (C=O) groups excluding carboxylic acids is 1. The molecule has 0 rings (SSSR count). The lowest BCUT2D eigenvalue weighted by Gasteiger charge is -2.20. The average Bonchev–Trinajstić information content (AvgIpc) is 3.50. The Morgan fingerprint density at radius 3 is 0.627 bits per heavy atom. The Morgan fingerprint density at radius 2 is 0.446 bits per heavy atom. The molecule has 0 heterocycles. The van der Waals surface area contributed by atoms with Crippen molar-refractivity contribution in [3.05, 3.63) is 12.2 Å². The van der Waals surface area contributed by atoms with Gasteiger partial charge in [-0.2, -0.15) is 0 Å². The molecule has 4 nitrogen and oxygen atoms in total. The van der Waals surface area contributed by atoms with Crippen LogP contribution in [0.5, 0.6) is 0 Å². The largest absolute Gasteiger partial charge is 0.394 e. The molecule has 0 saturated carbocycles. The fourth-order valence-electron chi connectivity index (χ4n) is 13.1. The summed E-state index contributed by atoms with van der Waals surface area (Å²) in [6, 6.07) is -0.620. The first-order chi connectivity index (χ1) is 41.2. The fraction of sp³-hybridized carbons (Fsp3) is 0.962. The number of amides is 1. The van der Waals surface area contributed by atoms with E-state index < -0.39 is 12.1 Å². The average molecular weight is 1170 g/mol. The lowest BCUT2D eigenvalue weighted by atomic mass is 10.0. The third-order valence-corrected chi connectivity index (χ3v) is 19.0. The number of hydrogen-bond donors (Lipinski definition) is 3. The van der Waals surface area contributed by atoms with Gasteiger partial charge in [0.15, 0.2) is 0 Å². The molecule has 1 amide bonds. The maximum Gasteiger partial charge on any atom is 0.220 e. The number of hydrogen-bond acceptors (Lipinski definition) is 3. The molecule has 4 heteroatoms. The first-order valence-electron chi connectivity index (χ1n) is 39.4. The number of nitrogens with one attached hydrogen (secondary N) is 1. The van der Waals surface area contributed by atoms with E-state index in [2.05, 4.69) is 19.2 Å². The molecule has 0 aromatic heterocycles. The molecular weight excluding hydrogens is 1010 g/mol. The van der Waals surface area contributed by atoms with Crippen LogP contribution in [0.2, 0.25) is 0 Å². The van der Waals surface area contributed by atoms with Gasteiger partial charge in [0.05, 0.1) is 18.8 Å². The topological polar surface area (TPSA) is 69.6 Å². The molecule has 0 aliphatic heterocycles. The molecule has 0 aromatic rings. The van der Waals surface area contributed by atoms with Crippen molar-refractivity contribution < 1.29 is 15.0 Å².